The average Bonchev–Trinajstić information content (AvgIpc) is 3.01. The van der Waals surface area contributed by atoms with Gasteiger partial charge in [0.05, 0.1) is 5.39 Å². The average molecular weight is 318 g/mol. The van der Waals surface area contributed by atoms with E-state index in [2.05, 4.69) is 15.4 Å². The van der Waals surface area contributed by atoms with Crippen LogP contribution in [0.4, 0.5) is 5.82 Å². The van der Waals surface area contributed by atoms with Crippen LogP contribution in [0.15, 0.2) is 40.6 Å². The van der Waals surface area contributed by atoms with Crippen LogP contribution in [0.2, 0.25) is 0 Å². The summed E-state index contributed by atoms with van der Waals surface area (Å²) in [4.78, 5) is 10.9. The summed E-state index contributed by atoms with van der Waals surface area (Å²) in [5.41, 5.74) is 2.61. The first kappa shape index (κ1) is 14.1. The Labute approximate surface area is 130 Å². The Hall–Kier alpha value is -1.83. The molecule has 1 aromatic carbocycles. The van der Waals surface area contributed by atoms with Crippen LogP contribution in [0.5, 0.6) is 5.75 Å². The molecule has 21 heavy (non-hydrogen) atoms. The number of rotatable bonds is 5. The molecule has 0 fully saturated rings. The Kier molecular flexibility index (Phi) is 4.23. The first-order chi connectivity index (χ1) is 10.3. The van der Waals surface area contributed by atoms with Crippen LogP contribution in [-0.2, 0) is 6.61 Å². The van der Waals surface area contributed by atoms with E-state index in [4.69, 9.17) is 10.6 Å². The molecule has 3 N–H and O–H groups in total. The van der Waals surface area contributed by atoms with Crippen molar-refractivity contribution in [1.82, 2.24) is 9.97 Å². The molecule has 5 nitrogen and oxygen atoms in total. The summed E-state index contributed by atoms with van der Waals surface area (Å²) in [6.45, 7) is 0.307. The molecule has 0 saturated heterocycles. The maximum absolute atomic E-state index is 5.72. The number of nitrogens with one attached hydrogen (secondary N) is 1. The highest BCUT2D eigenvalue weighted by Gasteiger charge is 2.08. The topological polar surface area (TPSA) is 73.1 Å². The van der Waals surface area contributed by atoms with E-state index in [-0.39, 0.29) is 0 Å². The lowest BCUT2D eigenvalue weighted by molar-refractivity contribution is 0.296. The molecule has 0 bridgehead atoms. The van der Waals surface area contributed by atoms with E-state index >= 15 is 0 Å². The normalized spacial score (nSPS) is 10.8. The molecule has 3 rings (SSSR count). The lowest BCUT2D eigenvalue weighted by atomic mass is 10.3. The van der Waals surface area contributed by atoms with Gasteiger partial charge in [-0.15, -0.1) is 23.1 Å². The van der Waals surface area contributed by atoms with Gasteiger partial charge >= 0.3 is 0 Å². The van der Waals surface area contributed by atoms with Gasteiger partial charge < -0.3 is 10.2 Å². The van der Waals surface area contributed by atoms with E-state index in [9.17, 15) is 0 Å². The van der Waals surface area contributed by atoms with Crippen LogP contribution in [0, 0.1) is 0 Å². The molecule has 0 aliphatic rings. The van der Waals surface area contributed by atoms with Crippen molar-refractivity contribution in [2.24, 2.45) is 5.84 Å². The largest absolute Gasteiger partial charge is 0.486 e. The van der Waals surface area contributed by atoms with Crippen molar-refractivity contribution in [1.29, 1.82) is 0 Å². The van der Waals surface area contributed by atoms with Gasteiger partial charge in [0.1, 0.15) is 17.2 Å². The van der Waals surface area contributed by atoms with Crippen LogP contribution in [0.1, 0.15) is 5.82 Å². The van der Waals surface area contributed by atoms with Gasteiger partial charge in [0, 0.05) is 4.90 Å². The number of benzene rings is 1. The predicted molar refractivity (Wildman–Crippen MR) is 87.8 cm³/mol. The molecule has 108 valence electrons. The first-order valence-electron chi connectivity index (χ1n) is 6.28. The monoisotopic (exact) mass is 318 g/mol. The highest BCUT2D eigenvalue weighted by molar-refractivity contribution is 7.98. The van der Waals surface area contributed by atoms with Gasteiger partial charge in [0.25, 0.3) is 0 Å². The van der Waals surface area contributed by atoms with E-state index in [0.717, 1.165) is 16.0 Å². The van der Waals surface area contributed by atoms with Crippen molar-refractivity contribution in [2.75, 3.05) is 11.7 Å². The number of hydrazine groups is 1. The SMILES string of the molecule is CSc1ccc(OCc2nc(NN)c3ccsc3n2)cc1. The molecule has 0 saturated carbocycles. The Balaban J connectivity index is 1.77. The Bertz CT molecular complexity index is 742. The summed E-state index contributed by atoms with van der Waals surface area (Å²) in [6.07, 6.45) is 2.04. The fraction of sp³-hybridized carbons (Fsp3) is 0.143. The molecule has 2 aromatic heterocycles. The van der Waals surface area contributed by atoms with E-state index < -0.39 is 0 Å². The standard InChI is InChI=1S/C14H14N4OS2/c1-20-10-4-2-9(3-5-10)19-8-12-16-13(18-15)11-6-7-21-14(11)17-12/h2-7H,8,15H2,1H3,(H,16,17,18). The highest BCUT2D eigenvalue weighted by Crippen LogP contribution is 2.25. The molecule has 0 spiro atoms. The molecular formula is C14H14N4OS2. The Morgan fingerprint density at radius 3 is 2.76 bits per heavy atom. The van der Waals surface area contributed by atoms with Gasteiger partial charge in [-0.25, -0.2) is 15.8 Å². The van der Waals surface area contributed by atoms with Gasteiger partial charge in [0.2, 0.25) is 0 Å². The minimum atomic E-state index is 0.307. The lowest BCUT2D eigenvalue weighted by Crippen LogP contribution is -2.11. The summed E-state index contributed by atoms with van der Waals surface area (Å²) in [5.74, 6) is 7.53. The van der Waals surface area contributed by atoms with Crippen molar-refractivity contribution in [3.05, 3.63) is 41.5 Å². The number of aromatic nitrogens is 2. The number of thiophene rings is 1. The maximum atomic E-state index is 5.72. The molecule has 0 unspecified atom stereocenters. The second-order valence-corrected chi connectivity index (χ2v) is 6.01. The maximum Gasteiger partial charge on any atom is 0.169 e. The predicted octanol–water partition coefficient (Wildman–Crippen LogP) is 3.28. The smallest absolute Gasteiger partial charge is 0.169 e. The highest BCUT2D eigenvalue weighted by atomic mass is 32.2. The number of ether oxygens (including phenoxy) is 1. The molecule has 2 heterocycles. The lowest BCUT2D eigenvalue weighted by Gasteiger charge is -2.08. The number of nitrogens with zero attached hydrogens (tertiary/aromatic N) is 2. The molecule has 0 amide bonds. The number of hydrogen-bond donors (Lipinski definition) is 2. The Morgan fingerprint density at radius 1 is 1.24 bits per heavy atom. The zero-order chi connectivity index (χ0) is 14.7. The summed E-state index contributed by atoms with van der Waals surface area (Å²) in [5, 5.41) is 2.89. The van der Waals surface area contributed by atoms with E-state index in [0.29, 0.717) is 18.2 Å². The third-order valence-corrected chi connectivity index (χ3v) is 4.49. The number of hydrogen-bond acceptors (Lipinski definition) is 7. The van der Waals surface area contributed by atoms with Crippen LogP contribution in [0.3, 0.4) is 0 Å². The van der Waals surface area contributed by atoms with E-state index in [1.165, 1.54) is 4.90 Å². The van der Waals surface area contributed by atoms with Crippen LogP contribution < -0.4 is 16.0 Å². The summed E-state index contributed by atoms with van der Waals surface area (Å²) in [6, 6.07) is 9.88. The fourth-order valence-electron chi connectivity index (χ4n) is 1.89. The molecule has 0 atom stereocenters. The third kappa shape index (κ3) is 3.10. The van der Waals surface area contributed by atoms with Crippen molar-refractivity contribution in [2.45, 2.75) is 11.5 Å². The molecule has 0 aliphatic heterocycles. The summed E-state index contributed by atoms with van der Waals surface area (Å²) in [7, 11) is 0. The van der Waals surface area contributed by atoms with Crippen molar-refractivity contribution < 1.29 is 4.74 Å². The van der Waals surface area contributed by atoms with E-state index in [1.807, 2.05) is 42.0 Å². The fourth-order valence-corrected chi connectivity index (χ4v) is 3.09. The van der Waals surface area contributed by atoms with Crippen molar-refractivity contribution in [3.8, 4) is 5.75 Å². The first-order valence-corrected chi connectivity index (χ1v) is 8.38. The summed E-state index contributed by atoms with van der Waals surface area (Å²) >= 11 is 3.25. The number of anilines is 1. The number of nitrogens with two attached hydrogens (primary N) is 1. The number of thioether (sulfide) groups is 1. The van der Waals surface area contributed by atoms with Gasteiger partial charge in [0.15, 0.2) is 11.6 Å². The second-order valence-electron chi connectivity index (χ2n) is 4.24. The minimum absolute atomic E-state index is 0.307. The van der Waals surface area contributed by atoms with Gasteiger partial charge in [-0.2, -0.15) is 0 Å². The van der Waals surface area contributed by atoms with Crippen LogP contribution in [-0.4, -0.2) is 16.2 Å². The number of fused-ring (bicyclic) bond motifs is 1. The molecule has 3 aromatic rings. The quantitative estimate of drug-likeness (QED) is 0.427. The van der Waals surface area contributed by atoms with Gasteiger partial charge in [-0.05, 0) is 42.0 Å². The zero-order valence-electron chi connectivity index (χ0n) is 11.4. The summed E-state index contributed by atoms with van der Waals surface area (Å²) < 4.78 is 5.72. The second kappa shape index (κ2) is 6.30. The minimum Gasteiger partial charge on any atom is -0.486 e. The zero-order valence-corrected chi connectivity index (χ0v) is 13.0. The number of nitrogen functional groups attached to an aromatic ring is 1. The van der Waals surface area contributed by atoms with Gasteiger partial charge in [-0.1, -0.05) is 0 Å². The van der Waals surface area contributed by atoms with Crippen molar-refractivity contribution in [3.63, 3.8) is 0 Å². The van der Waals surface area contributed by atoms with Crippen LogP contribution in [0.25, 0.3) is 10.2 Å². The van der Waals surface area contributed by atoms with E-state index in [1.54, 1.807) is 23.1 Å². The van der Waals surface area contributed by atoms with Gasteiger partial charge in [-0.3, -0.25) is 0 Å². The van der Waals surface area contributed by atoms with Crippen molar-refractivity contribution >= 4 is 39.1 Å². The molecule has 7 heteroatoms. The molecule has 0 radical (unpaired) electrons. The van der Waals surface area contributed by atoms with Crippen LogP contribution >= 0.6 is 23.1 Å². The Morgan fingerprint density at radius 2 is 2.05 bits per heavy atom. The molecular weight excluding hydrogens is 304 g/mol. The third-order valence-electron chi connectivity index (χ3n) is 2.94. The molecule has 0 aliphatic carbocycles.